The summed E-state index contributed by atoms with van der Waals surface area (Å²) in [6.45, 7) is 4.35. The topological polar surface area (TPSA) is 38.0 Å². The van der Waals surface area contributed by atoms with E-state index >= 15 is 0 Å². The van der Waals surface area contributed by atoms with Crippen LogP contribution in [0.2, 0.25) is 0 Å². The van der Waals surface area contributed by atoms with Gasteiger partial charge in [0.05, 0.1) is 27.5 Å². The number of aliphatic hydroxyl groups is 1. The van der Waals surface area contributed by atoms with Crippen LogP contribution in [0.15, 0.2) is 21.1 Å². The number of nitrogens with zero attached hydrogens (tertiary/aromatic N) is 2. The summed E-state index contributed by atoms with van der Waals surface area (Å²) in [5.41, 5.74) is 1.16. The van der Waals surface area contributed by atoms with E-state index in [1.165, 1.54) is 0 Å². The summed E-state index contributed by atoms with van der Waals surface area (Å²) in [6, 6.07) is 2.28. The van der Waals surface area contributed by atoms with Crippen LogP contribution in [0.3, 0.4) is 0 Å². The molecule has 3 nitrogen and oxygen atoms in total. The fraction of sp³-hybridized carbons (Fsp3) is 0.357. The van der Waals surface area contributed by atoms with Crippen LogP contribution < -0.4 is 0 Å². The van der Waals surface area contributed by atoms with Crippen LogP contribution in [0.4, 0.5) is 8.78 Å². The molecule has 0 amide bonds. The van der Waals surface area contributed by atoms with Gasteiger partial charge >= 0.3 is 0 Å². The van der Waals surface area contributed by atoms with Gasteiger partial charge in [0.1, 0.15) is 11.6 Å². The van der Waals surface area contributed by atoms with E-state index in [2.05, 4.69) is 37.0 Å². The molecule has 0 aliphatic heterocycles. The molecule has 0 saturated heterocycles. The van der Waals surface area contributed by atoms with E-state index < -0.39 is 17.7 Å². The number of halogens is 4. The van der Waals surface area contributed by atoms with E-state index in [-0.39, 0.29) is 12.0 Å². The Morgan fingerprint density at radius 3 is 2.38 bits per heavy atom. The molecule has 1 atom stereocenters. The van der Waals surface area contributed by atoms with E-state index in [1.54, 1.807) is 4.68 Å². The molecule has 1 unspecified atom stereocenters. The number of aromatic nitrogens is 2. The number of aryl methyl sites for hydroxylation is 2. The third-order valence-corrected chi connectivity index (χ3v) is 4.71. The SMILES string of the molecule is CCn1nc(C)c(Br)c1CC(O)c1c(F)cc(Br)cc1F. The van der Waals surface area contributed by atoms with Gasteiger partial charge in [-0.1, -0.05) is 15.9 Å². The lowest BCUT2D eigenvalue weighted by molar-refractivity contribution is 0.165. The molecule has 0 aliphatic carbocycles. The van der Waals surface area contributed by atoms with Gasteiger partial charge in [0.25, 0.3) is 0 Å². The fourth-order valence-corrected chi connectivity index (χ4v) is 3.07. The number of aliphatic hydroxyl groups excluding tert-OH is 1. The van der Waals surface area contributed by atoms with Gasteiger partial charge in [-0.3, -0.25) is 4.68 Å². The van der Waals surface area contributed by atoms with Crippen molar-refractivity contribution in [3.05, 3.63) is 49.7 Å². The van der Waals surface area contributed by atoms with Crippen molar-refractivity contribution in [1.82, 2.24) is 9.78 Å². The third kappa shape index (κ3) is 3.35. The van der Waals surface area contributed by atoms with Gasteiger partial charge < -0.3 is 5.11 Å². The highest BCUT2D eigenvalue weighted by atomic mass is 79.9. The minimum atomic E-state index is -1.28. The summed E-state index contributed by atoms with van der Waals surface area (Å²) in [4.78, 5) is 0. The first-order chi connectivity index (χ1) is 9.85. The Hall–Kier alpha value is -0.790. The predicted octanol–water partition coefficient (Wildman–Crippen LogP) is 4.29. The summed E-state index contributed by atoms with van der Waals surface area (Å²) >= 11 is 6.42. The minimum Gasteiger partial charge on any atom is -0.388 e. The smallest absolute Gasteiger partial charge is 0.133 e. The predicted molar refractivity (Wildman–Crippen MR) is 83.1 cm³/mol. The van der Waals surface area contributed by atoms with Gasteiger partial charge in [-0.05, 0) is 41.9 Å². The summed E-state index contributed by atoms with van der Waals surface area (Å²) in [5.74, 6) is -1.55. The van der Waals surface area contributed by atoms with Gasteiger partial charge in [-0.2, -0.15) is 5.10 Å². The zero-order chi connectivity index (χ0) is 15.7. The molecule has 1 heterocycles. The summed E-state index contributed by atoms with van der Waals surface area (Å²) in [7, 11) is 0. The average molecular weight is 424 g/mol. The van der Waals surface area contributed by atoms with E-state index in [1.807, 2.05) is 13.8 Å². The molecule has 1 N–H and O–H groups in total. The Labute approximate surface area is 138 Å². The molecule has 7 heteroatoms. The van der Waals surface area contributed by atoms with Crippen LogP contribution in [0.5, 0.6) is 0 Å². The maximum atomic E-state index is 13.9. The van der Waals surface area contributed by atoms with Crippen molar-refractivity contribution >= 4 is 31.9 Å². The maximum absolute atomic E-state index is 13.9. The first-order valence-corrected chi connectivity index (χ1v) is 7.98. The highest BCUT2D eigenvalue weighted by molar-refractivity contribution is 9.10. The second kappa shape index (κ2) is 6.54. The second-order valence-corrected chi connectivity index (χ2v) is 6.37. The lowest BCUT2D eigenvalue weighted by Gasteiger charge is -2.14. The van der Waals surface area contributed by atoms with E-state index in [0.717, 1.165) is 22.3 Å². The van der Waals surface area contributed by atoms with Crippen molar-refractivity contribution in [2.24, 2.45) is 0 Å². The number of benzene rings is 1. The number of hydrogen-bond acceptors (Lipinski definition) is 2. The summed E-state index contributed by atoms with van der Waals surface area (Å²) in [6.07, 6.45) is -1.21. The molecule has 0 spiro atoms. The lowest BCUT2D eigenvalue weighted by Crippen LogP contribution is -2.11. The maximum Gasteiger partial charge on any atom is 0.133 e. The molecule has 0 radical (unpaired) electrons. The second-order valence-electron chi connectivity index (χ2n) is 4.66. The van der Waals surface area contributed by atoms with E-state index in [9.17, 15) is 13.9 Å². The molecule has 2 aromatic rings. The van der Waals surface area contributed by atoms with Gasteiger partial charge in [0.15, 0.2) is 0 Å². The molecule has 1 aromatic heterocycles. The van der Waals surface area contributed by atoms with Crippen molar-refractivity contribution in [3.8, 4) is 0 Å². The number of hydrogen-bond donors (Lipinski definition) is 1. The molecular formula is C14H14Br2F2N2O. The van der Waals surface area contributed by atoms with Gasteiger partial charge in [0.2, 0.25) is 0 Å². The standard InChI is InChI=1S/C14H14Br2F2N2O/c1-3-20-11(14(16)7(2)19-20)6-12(21)13-9(17)4-8(15)5-10(13)18/h4-5,12,21H,3,6H2,1-2H3. The van der Waals surface area contributed by atoms with E-state index in [4.69, 9.17) is 0 Å². The average Bonchev–Trinajstić information content (AvgIpc) is 2.65. The van der Waals surface area contributed by atoms with Crippen molar-refractivity contribution in [2.75, 3.05) is 0 Å². The van der Waals surface area contributed by atoms with Crippen LogP contribution >= 0.6 is 31.9 Å². The van der Waals surface area contributed by atoms with Crippen molar-refractivity contribution in [2.45, 2.75) is 32.9 Å². The van der Waals surface area contributed by atoms with Crippen molar-refractivity contribution in [1.29, 1.82) is 0 Å². The van der Waals surface area contributed by atoms with Crippen LogP contribution in [0.25, 0.3) is 0 Å². The highest BCUT2D eigenvalue weighted by Crippen LogP contribution is 2.30. The largest absolute Gasteiger partial charge is 0.388 e. The molecule has 114 valence electrons. The third-order valence-electron chi connectivity index (χ3n) is 3.22. The molecule has 0 aliphatic rings. The Morgan fingerprint density at radius 2 is 1.86 bits per heavy atom. The first-order valence-electron chi connectivity index (χ1n) is 6.39. The number of rotatable bonds is 4. The Morgan fingerprint density at radius 1 is 1.29 bits per heavy atom. The molecule has 0 saturated carbocycles. The van der Waals surface area contributed by atoms with Crippen LogP contribution in [-0.4, -0.2) is 14.9 Å². The molecule has 21 heavy (non-hydrogen) atoms. The quantitative estimate of drug-likeness (QED) is 0.796. The van der Waals surface area contributed by atoms with Gasteiger partial charge in [-0.25, -0.2) is 8.78 Å². The molecular weight excluding hydrogens is 410 g/mol. The fourth-order valence-electron chi connectivity index (χ4n) is 2.22. The summed E-state index contributed by atoms with van der Waals surface area (Å²) < 4.78 is 30.5. The zero-order valence-electron chi connectivity index (χ0n) is 11.5. The molecule has 1 aromatic carbocycles. The zero-order valence-corrected chi connectivity index (χ0v) is 14.7. The van der Waals surface area contributed by atoms with Crippen molar-refractivity contribution in [3.63, 3.8) is 0 Å². The van der Waals surface area contributed by atoms with Gasteiger partial charge in [-0.15, -0.1) is 0 Å². The normalized spacial score (nSPS) is 12.7. The highest BCUT2D eigenvalue weighted by Gasteiger charge is 2.23. The molecule has 0 fully saturated rings. The monoisotopic (exact) mass is 422 g/mol. The van der Waals surface area contributed by atoms with Gasteiger partial charge in [0, 0.05) is 17.4 Å². The Bertz CT molecular complexity index is 650. The Kier molecular flexibility index (Phi) is 5.16. The van der Waals surface area contributed by atoms with E-state index in [0.29, 0.717) is 16.7 Å². The summed E-state index contributed by atoms with van der Waals surface area (Å²) in [5, 5.41) is 14.5. The van der Waals surface area contributed by atoms with Crippen LogP contribution in [-0.2, 0) is 13.0 Å². The van der Waals surface area contributed by atoms with Crippen LogP contribution in [0.1, 0.15) is 30.0 Å². The lowest BCUT2D eigenvalue weighted by atomic mass is 10.0. The Balaban J connectivity index is 2.37. The van der Waals surface area contributed by atoms with Crippen LogP contribution in [0, 0.1) is 18.6 Å². The minimum absolute atomic E-state index is 0.0741. The molecule has 0 bridgehead atoms. The molecule has 2 rings (SSSR count). The first kappa shape index (κ1) is 16.6. The van der Waals surface area contributed by atoms with Crippen molar-refractivity contribution < 1.29 is 13.9 Å².